The third-order valence-electron chi connectivity index (χ3n) is 1.28. The van der Waals surface area contributed by atoms with E-state index in [9.17, 15) is 4.39 Å². The second-order valence-electron chi connectivity index (χ2n) is 2.20. The monoisotopic (exact) mass is 176 g/mol. The lowest BCUT2D eigenvalue weighted by Crippen LogP contribution is -2.05. The number of halogens is 2. The van der Waals surface area contributed by atoms with Crippen LogP contribution in [-0.2, 0) is 0 Å². The van der Waals surface area contributed by atoms with Crippen molar-refractivity contribution in [1.29, 1.82) is 0 Å². The zero-order chi connectivity index (χ0) is 7.56. The average molecular weight is 177 g/mol. The van der Waals surface area contributed by atoms with Gasteiger partial charge in [-0.05, 0) is 18.6 Å². The quantitative estimate of drug-likeness (QED) is 0.661. The van der Waals surface area contributed by atoms with Crippen LogP contribution in [0.4, 0.5) is 4.39 Å². The van der Waals surface area contributed by atoms with Crippen LogP contribution in [0.2, 0.25) is 0 Å². The Morgan fingerprint density at radius 2 is 2.18 bits per heavy atom. The first kappa shape index (κ1) is 10.3. The number of nitrogens with zero attached hydrogens (tertiary/aromatic N) is 1. The molecule has 0 saturated carbocycles. The average Bonchev–Trinajstić information content (AvgIpc) is 1.88. The molecular formula is C7H10ClFN2. The van der Waals surface area contributed by atoms with Crippen molar-refractivity contribution >= 4 is 12.4 Å². The van der Waals surface area contributed by atoms with Crippen LogP contribution in [-0.4, -0.2) is 4.98 Å². The van der Waals surface area contributed by atoms with E-state index in [0.717, 1.165) is 5.56 Å². The molecule has 0 amide bonds. The molecule has 11 heavy (non-hydrogen) atoms. The molecule has 0 saturated heterocycles. The number of rotatable bonds is 1. The van der Waals surface area contributed by atoms with Gasteiger partial charge in [-0.2, -0.15) is 4.39 Å². The molecule has 0 aromatic carbocycles. The Morgan fingerprint density at radius 1 is 1.55 bits per heavy atom. The third-order valence-corrected chi connectivity index (χ3v) is 1.28. The van der Waals surface area contributed by atoms with Crippen LogP contribution in [0.3, 0.4) is 0 Å². The molecule has 1 atom stereocenters. The maximum Gasteiger partial charge on any atom is 0.212 e. The van der Waals surface area contributed by atoms with Gasteiger partial charge in [-0.25, -0.2) is 4.98 Å². The fourth-order valence-corrected chi connectivity index (χ4v) is 0.657. The van der Waals surface area contributed by atoms with Gasteiger partial charge in [0.1, 0.15) is 0 Å². The van der Waals surface area contributed by atoms with E-state index in [2.05, 4.69) is 4.98 Å². The van der Waals surface area contributed by atoms with Crippen LogP contribution >= 0.6 is 12.4 Å². The molecule has 0 spiro atoms. The molecule has 2 N–H and O–H groups in total. The van der Waals surface area contributed by atoms with Crippen LogP contribution in [0, 0.1) is 5.95 Å². The first-order chi connectivity index (χ1) is 4.70. The summed E-state index contributed by atoms with van der Waals surface area (Å²) >= 11 is 0. The Labute approximate surface area is 71.0 Å². The summed E-state index contributed by atoms with van der Waals surface area (Å²) in [6, 6.07) is 2.86. The third kappa shape index (κ3) is 2.82. The molecule has 0 aliphatic heterocycles. The van der Waals surface area contributed by atoms with E-state index in [1.54, 1.807) is 6.07 Å². The molecule has 0 radical (unpaired) electrons. The molecule has 2 nitrogen and oxygen atoms in total. The minimum absolute atomic E-state index is 0. The van der Waals surface area contributed by atoms with Crippen LogP contribution in [0.25, 0.3) is 0 Å². The van der Waals surface area contributed by atoms with Crippen LogP contribution in [0.15, 0.2) is 18.3 Å². The molecule has 0 fully saturated rings. The highest BCUT2D eigenvalue weighted by Crippen LogP contribution is 2.06. The van der Waals surface area contributed by atoms with E-state index in [1.807, 2.05) is 6.92 Å². The van der Waals surface area contributed by atoms with Gasteiger partial charge in [0.05, 0.1) is 0 Å². The number of pyridine rings is 1. The molecule has 0 unspecified atom stereocenters. The Hall–Kier alpha value is -0.670. The normalized spacial score (nSPS) is 11.9. The summed E-state index contributed by atoms with van der Waals surface area (Å²) in [5, 5.41) is 0. The van der Waals surface area contributed by atoms with E-state index in [-0.39, 0.29) is 18.4 Å². The minimum Gasteiger partial charge on any atom is -0.324 e. The van der Waals surface area contributed by atoms with Crippen molar-refractivity contribution in [3.63, 3.8) is 0 Å². The summed E-state index contributed by atoms with van der Waals surface area (Å²) in [5.41, 5.74) is 6.35. The molecule has 4 heteroatoms. The standard InChI is InChI=1S/C7H9FN2.ClH/c1-5(9)6-2-3-7(8)10-4-6;/h2-5H,9H2,1H3;1H/t5-;/m1./s1. The van der Waals surface area contributed by atoms with Gasteiger partial charge in [-0.1, -0.05) is 6.07 Å². The van der Waals surface area contributed by atoms with Gasteiger partial charge < -0.3 is 5.73 Å². The van der Waals surface area contributed by atoms with Crippen molar-refractivity contribution in [3.05, 3.63) is 29.8 Å². The summed E-state index contributed by atoms with van der Waals surface area (Å²) < 4.78 is 12.2. The summed E-state index contributed by atoms with van der Waals surface area (Å²) in [7, 11) is 0. The van der Waals surface area contributed by atoms with Gasteiger partial charge in [-0.15, -0.1) is 12.4 Å². The van der Waals surface area contributed by atoms with Crippen molar-refractivity contribution in [1.82, 2.24) is 4.98 Å². The predicted octanol–water partition coefficient (Wildman–Crippen LogP) is 1.66. The highest BCUT2D eigenvalue weighted by Gasteiger charge is 1.98. The number of hydrogen-bond donors (Lipinski definition) is 1. The molecule has 1 aromatic rings. The maximum atomic E-state index is 12.2. The van der Waals surface area contributed by atoms with Gasteiger partial charge in [0, 0.05) is 12.2 Å². The van der Waals surface area contributed by atoms with Crippen molar-refractivity contribution in [2.24, 2.45) is 5.73 Å². The maximum absolute atomic E-state index is 12.2. The van der Waals surface area contributed by atoms with Crippen LogP contribution in [0.1, 0.15) is 18.5 Å². The Kier molecular flexibility index (Phi) is 4.00. The fourth-order valence-electron chi connectivity index (χ4n) is 0.657. The lowest BCUT2D eigenvalue weighted by molar-refractivity contribution is 0.580. The van der Waals surface area contributed by atoms with Gasteiger partial charge in [0.25, 0.3) is 0 Å². The van der Waals surface area contributed by atoms with Crippen LogP contribution < -0.4 is 5.73 Å². The zero-order valence-electron chi connectivity index (χ0n) is 6.12. The molecule has 0 aliphatic carbocycles. The van der Waals surface area contributed by atoms with Crippen molar-refractivity contribution in [2.75, 3.05) is 0 Å². The number of aromatic nitrogens is 1. The molecular weight excluding hydrogens is 167 g/mol. The molecule has 0 aliphatic rings. The molecule has 0 bridgehead atoms. The summed E-state index contributed by atoms with van der Waals surface area (Å²) in [6.07, 6.45) is 1.44. The Morgan fingerprint density at radius 3 is 2.55 bits per heavy atom. The second-order valence-corrected chi connectivity index (χ2v) is 2.20. The fraction of sp³-hybridized carbons (Fsp3) is 0.286. The topological polar surface area (TPSA) is 38.9 Å². The largest absolute Gasteiger partial charge is 0.324 e. The van der Waals surface area contributed by atoms with Crippen molar-refractivity contribution < 1.29 is 4.39 Å². The van der Waals surface area contributed by atoms with Gasteiger partial charge in [-0.3, -0.25) is 0 Å². The van der Waals surface area contributed by atoms with E-state index in [4.69, 9.17) is 5.73 Å². The van der Waals surface area contributed by atoms with Gasteiger partial charge in [0.15, 0.2) is 0 Å². The smallest absolute Gasteiger partial charge is 0.212 e. The van der Waals surface area contributed by atoms with E-state index in [0.29, 0.717) is 0 Å². The summed E-state index contributed by atoms with van der Waals surface area (Å²) in [5.74, 6) is -0.468. The van der Waals surface area contributed by atoms with Crippen LogP contribution in [0.5, 0.6) is 0 Å². The van der Waals surface area contributed by atoms with Crippen molar-refractivity contribution in [2.45, 2.75) is 13.0 Å². The molecule has 62 valence electrons. The first-order valence-electron chi connectivity index (χ1n) is 3.07. The molecule has 1 aromatic heterocycles. The zero-order valence-corrected chi connectivity index (χ0v) is 6.94. The predicted molar refractivity (Wildman–Crippen MR) is 44.0 cm³/mol. The van der Waals surface area contributed by atoms with Gasteiger partial charge in [0.2, 0.25) is 5.95 Å². The Balaban J connectivity index is 0.000001000. The van der Waals surface area contributed by atoms with E-state index < -0.39 is 5.95 Å². The molecule has 1 heterocycles. The minimum atomic E-state index is -0.468. The number of hydrogen-bond acceptors (Lipinski definition) is 2. The van der Waals surface area contributed by atoms with E-state index in [1.165, 1.54) is 12.3 Å². The highest BCUT2D eigenvalue weighted by atomic mass is 35.5. The SMILES string of the molecule is C[C@@H](N)c1ccc(F)nc1.Cl. The highest BCUT2D eigenvalue weighted by molar-refractivity contribution is 5.85. The Bertz CT molecular complexity index is 210. The lowest BCUT2D eigenvalue weighted by Gasteiger charge is -2.02. The van der Waals surface area contributed by atoms with E-state index >= 15 is 0 Å². The summed E-state index contributed by atoms with van der Waals surface area (Å²) in [6.45, 7) is 1.83. The second kappa shape index (κ2) is 4.26. The first-order valence-corrected chi connectivity index (χ1v) is 3.07. The summed E-state index contributed by atoms with van der Waals surface area (Å²) in [4.78, 5) is 3.45. The lowest BCUT2D eigenvalue weighted by atomic mass is 10.2. The molecule has 1 rings (SSSR count). The van der Waals surface area contributed by atoms with Crippen molar-refractivity contribution in [3.8, 4) is 0 Å². The van der Waals surface area contributed by atoms with Gasteiger partial charge >= 0.3 is 0 Å². The number of nitrogens with two attached hydrogens (primary N) is 1.